The van der Waals surface area contributed by atoms with Gasteiger partial charge in [0.2, 0.25) is 0 Å². The SMILES string of the molecule is CCC1CCN(CC2(C)CCCN2)C1. The van der Waals surface area contributed by atoms with E-state index < -0.39 is 0 Å². The van der Waals surface area contributed by atoms with Crippen molar-refractivity contribution in [1.29, 1.82) is 0 Å². The summed E-state index contributed by atoms with van der Waals surface area (Å²) in [6.07, 6.45) is 5.51. The fourth-order valence-electron chi connectivity index (χ4n) is 2.98. The Morgan fingerprint density at radius 3 is 2.93 bits per heavy atom. The van der Waals surface area contributed by atoms with E-state index in [4.69, 9.17) is 0 Å². The van der Waals surface area contributed by atoms with Gasteiger partial charge in [0, 0.05) is 18.6 Å². The van der Waals surface area contributed by atoms with Gasteiger partial charge in [0.15, 0.2) is 0 Å². The summed E-state index contributed by atoms with van der Waals surface area (Å²) in [5, 5.41) is 3.65. The lowest BCUT2D eigenvalue weighted by Gasteiger charge is -2.30. The Kier molecular flexibility index (Phi) is 3.13. The summed E-state index contributed by atoms with van der Waals surface area (Å²) in [4.78, 5) is 2.66. The number of hydrogen-bond donors (Lipinski definition) is 1. The Morgan fingerprint density at radius 1 is 1.50 bits per heavy atom. The second-order valence-corrected chi connectivity index (χ2v) is 5.39. The lowest BCUT2D eigenvalue weighted by atomic mass is 10.00. The van der Waals surface area contributed by atoms with Crippen LogP contribution >= 0.6 is 0 Å². The van der Waals surface area contributed by atoms with Gasteiger partial charge in [0.25, 0.3) is 0 Å². The molecular weight excluding hydrogens is 172 g/mol. The van der Waals surface area contributed by atoms with E-state index in [1.165, 1.54) is 51.9 Å². The standard InChI is InChI=1S/C12H24N2/c1-3-11-5-8-14(9-11)10-12(2)6-4-7-13-12/h11,13H,3-10H2,1-2H3. The summed E-state index contributed by atoms with van der Waals surface area (Å²) >= 11 is 0. The zero-order chi connectivity index (χ0) is 10.0. The minimum Gasteiger partial charge on any atom is -0.310 e. The van der Waals surface area contributed by atoms with Gasteiger partial charge in [-0.3, -0.25) is 0 Å². The number of rotatable bonds is 3. The summed E-state index contributed by atoms with van der Waals surface area (Å²) < 4.78 is 0. The highest BCUT2D eigenvalue weighted by Gasteiger charge is 2.32. The fraction of sp³-hybridized carbons (Fsp3) is 1.00. The maximum absolute atomic E-state index is 3.65. The molecule has 1 N–H and O–H groups in total. The van der Waals surface area contributed by atoms with Crippen molar-refractivity contribution in [3.05, 3.63) is 0 Å². The Bertz CT molecular complexity index is 185. The molecule has 2 atom stereocenters. The van der Waals surface area contributed by atoms with Gasteiger partial charge in [-0.15, -0.1) is 0 Å². The topological polar surface area (TPSA) is 15.3 Å². The monoisotopic (exact) mass is 196 g/mol. The van der Waals surface area contributed by atoms with Crippen LogP contribution in [-0.4, -0.2) is 36.6 Å². The summed E-state index contributed by atoms with van der Waals surface area (Å²) in [5.74, 6) is 0.972. The van der Waals surface area contributed by atoms with Gasteiger partial charge in [0.1, 0.15) is 0 Å². The predicted molar refractivity (Wildman–Crippen MR) is 60.5 cm³/mol. The van der Waals surface area contributed by atoms with Crippen LogP contribution in [0.1, 0.15) is 39.5 Å². The first-order chi connectivity index (χ1) is 6.72. The van der Waals surface area contributed by atoms with Crippen molar-refractivity contribution in [2.45, 2.75) is 45.1 Å². The molecule has 2 rings (SSSR count). The van der Waals surface area contributed by atoms with Crippen LogP contribution in [0.15, 0.2) is 0 Å². The molecule has 2 unspecified atom stereocenters. The van der Waals surface area contributed by atoms with E-state index >= 15 is 0 Å². The molecule has 0 radical (unpaired) electrons. The fourth-order valence-corrected chi connectivity index (χ4v) is 2.98. The number of hydrogen-bond acceptors (Lipinski definition) is 2. The molecule has 0 aromatic rings. The van der Waals surface area contributed by atoms with Gasteiger partial charge < -0.3 is 10.2 Å². The van der Waals surface area contributed by atoms with Crippen LogP contribution in [0, 0.1) is 5.92 Å². The Hall–Kier alpha value is -0.0800. The van der Waals surface area contributed by atoms with Gasteiger partial charge in [-0.1, -0.05) is 13.3 Å². The van der Waals surface area contributed by atoms with Crippen LogP contribution in [0.5, 0.6) is 0 Å². The highest BCUT2D eigenvalue weighted by molar-refractivity contribution is 4.92. The van der Waals surface area contributed by atoms with E-state index in [0.717, 1.165) is 5.92 Å². The number of nitrogens with one attached hydrogen (secondary N) is 1. The molecule has 2 aliphatic rings. The normalized spacial score (nSPS) is 39.4. The molecule has 14 heavy (non-hydrogen) atoms. The Labute approximate surface area is 88.1 Å². The molecular formula is C12H24N2. The zero-order valence-corrected chi connectivity index (χ0v) is 9.68. The molecule has 0 aromatic heterocycles. The van der Waals surface area contributed by atoms with Crippen molar-refractivity contribution in [3.63, 3.8) is 0 Å². The smallest absolute Gasteiger partial charge is 0.0280 e. The maximum atomic E-state index is 3.65. The molecule has 0 bridgehead atoms. The molecule has 2 saturated heterocycles. The van der Waals surface area contributed by atoms with Gasteiger partial charge >= 0.3 is 0 Å². The van der Waals surface area contributed by atoms with Crippen molar-refractivity contribution >= 4 is 0 Å². The van der Waals surface area contributed by atoms with Crippen LogP contribution in [-0.2, 0) is 0 Å². The van der Waals surface area contributed by atoms with Crippen molar-refractivity contribution in [1.82, 2.24) is 10.2 Å². The predicted octanol–water partition coefficient (Wildman–Crippen LogP) is 1.86. The van der Waals surface area contributed by atoms with Crippen LogP contribution in [0.4, 0.5) is 0 Å². The quantitative estimate of drug-likeness (QED) is 0.741. The number of likely N-dealkylation sites (tertiary alicyclic amines) is 1. The third-order valence-electron chi connectivity index (χ3n) is 3.98. The highest BCUT2D eigenvalue weighted by Crippen LogP contribution is 2.25. The second kappa shape index (κ2) is 4.19. The van der Waals surface area contributed by atoms with Gasteiger partial charge in [-0.2, -0.15) is 0 Å². The highest BCUT2D eigenvalue weighted by atomic mass is 15.2. The second-order valence-electron chi connectivity index (χ2n) is 5.39. The minimum atomic E-state index is 0.419. The molecule has 0 amide bonds. The van der Waals surface area contributed by atoms with Crippen molar-refractivity contribution in [2.24, 2.45) is 5.92 Å². The van der Waals surface area contributed by atoms with Gasteiger partial charge in [-0.25, -0.2) is 0 Å². The zero-order valence-electron chi connectivity index (χ0n) is 9.68. The van der Waals surface area contributed by atoms with Crippen LogP contribution in [0.2, 0.25) is 0 Å². The molecule has 0 aliphatic carbocycles. The summed E-state index contributed by atoms with van der Waals surface area (Å²) in [7, 11) is 0. The van der Waals surface area contributed by atoms with Crippen LogP contribution in [0.3, 0.4) is 0 Å². The lowest BCUT2D eigenvalue weighted by molar-refractivity contribution is 0.233. The Morgan fingerprint density at radius 2 is 2.36 bits per heavy atom. The van der Waals surface area contributed by atoms with E-state index in [2.05, 4.69) is 24.1 Å². The molecule has 2 nitrogen and oxygen atoms in total. The summed E-state index contributed by atoms with van der Waals surface area (Å²) in [5.41, 5.74) is 0.419. The van der Waals surface area contributed by atoms with Gasteiger partial charge in [0.05, 0.1) is 0 Å². The van der Waals surface area contributed by atoms with Gasteiger partial charge in [-0.05, 0) is 45.2 Å². The third-order valence-corrected chi connectivity index (χ3v) is 3.98. The molecule has 2 aliphatic heterocycles. The molecule has 0 spiro atoms. The van der Waals surface area contributed by atoms with E-state index in [1.807, 2.05) is 0 Å². The van der Waals surface area contributed by atoms with Crippen molar-refractivity contribution in [3.8, 4) is 0 Å². The average molecular weight is 196 g/mol. The van der Waals surface area contributed by atoms with Crippen molar-refractivity contribution in [2.75, 3.05) is 26.2 Å². The molecule has 2 fully saturated rings. The maximum Gasteiger partial charge on any atom is 0.0280 e. The van der Waals surface area contributed by atoms with E-state index in [9.17, 15) is 0 Å². The molecule has 2 heterocycles. The first-order valence-electron chi connectivity index (χ1n) is 6.19. The van der Waals surface area contributed by atoms with Crippen LogP contribution in [0.25, 0.3) is 0 Å². The number of nitrogens with zero attached hydrogens (tertiary/aromatic N) is 1. The van der Waals surface area contributed by atoms with Crippen molar-refractivity contribution < 1.29 is 0 Å². The van der Waals surface area contributed by atoms with E-state index in [1.54, 1.807) is 0 Å². The Balaban J connectivity index is 1.80. The lowest BCUT2D eigenvalue weighted by Crippen LogP contribution is -2.46. The van der Waals surface area contributed by atoms with Crippen LogP contribution < -0.4 is 5.32 Å². The minimum absolute atomic E-state index is 0.419. The molecule has 82 valence electrons. The average Bonchev–Trinajstić information content (AvgIpc) is 2.75. The third kappa shape index (κ3) is 2.29. The first kappa shape index (κ1) is 10.4. The largest absolute Gasteiger partial charge is 0.310 e. The molecule has 0 saturated carbocycles. The summed E-state index contributed by atoms with van der Waals surface area (Å²) in [6, 6.07) is 0. The molecule has 0 aromatic carbocycles. The van der Waals surface area contributed by atoms with E-state index in [-0.39, 0.29) is 0 Å². The first-order valence-corrected chi connectivity index (χ1v) is 6.19. The van der Waals surface area contributed by atoms with E-state index in [0.29, 0.717) is 5.54 Å². The summed E-state index contributed by atoms with van der Waals surface area (Å²) in [6.45, 7) is 9.87. The molecule has 2 heteroatoms.